The van der Waals surface area contributed by atoms with Gasteiger partial charge in [-0.25, -0.2) is 9.78 Å². The van der Waals surface area contributed by atoms with Crippen molar-refractivity contribution in [3.63, 3.8) is 0 Å². The molecule has 1 fully saturated rings. The zero-order chi connectivity index (χ0) is 17.2. The average Bonchev–Trinajstić information content (AvgIpc) is 2.62. The molecule has 0 spiro atoms. The molecule has 1 atom stereocenters. The number of likely N-dealkylation sites (tertiary alicyclic amines) is 1. The van der Waals surface area contributed by atoms with E-state index in [0.29, 0.717) is 18.7 Å². The van der Waals surface area contributed by atoms with Crippen molar-refractivity contribution in [2.45, 2.75) is 25.2 Å². The number of rotatable bonds is 3. The van der Waals surface area contributed by atoms with Crippen molar-refractivity contribution in [2.75, 3.05) is 13.1 Å². The molecule has 3 rings (SSSR count). The normalized spacial score (nSPS) is 20.6. The van der Waals surface area contributed by atoms with Crippen LogP contribution in [0.15, 0.2) is 48.7 Å². The zero-order valence-corrected chi connectivity index (χ0v) is 13.6. The minimum atomic E-state index is -1.09. The lowest BCUT2D eigenvalue weighted by molar-refractivity contribution is 0.0646. The molecule has 1 unspecified atom stereocenters. The SMILES string of the molecule is CC1(c2ccccc2)CCCN(C(=O)c2ccc(C(=O)O)nc2)C1. The smallest absolute Gasteiger partial charge is 0.354 e. The number of carbonyl (C=O) groups is 2. The molecule has 1 amide bonds. The van der Waals surface area contributed by atoms with Crippen LogP contribution in [0.1, 0.15) is 46.2 Å². The first-order valence-electron chi connectivity index (χ1n) is 8.04. The van der Waals surface area contributed by atoms with E-state index in [0.717, 1.165) is 12.8 Å². The molecule has 1 aliphatic heterocycles. The van der Waals surface area contributed by atoms with E-state index in [1.165, 1.54) is 23.9 Å². The Balaban J connectivity index is 1.79. The third-order valence-corrected chi connectivity index (χ3v) is 4.68. The van der Waals surface area contributed by atoms with Crippen molar-refractivity contribution in [1.82, 2.24) is 9.88 Å². The molecule has 0 radical (unpaired) electrons. The molecule has 1 saturated heterocycles. The van der Waals surface area contributed by atoms with Gasteiger partial charge in [-0.05, 0) is 30.5 Å². The van der Waals surface area contributed by atoms with E-state index in [9.17, 15) is 9.59 Å². The first-order chi connectivity index (χ1) is 11.5. The number of amides is 1. The molecular weight excluding hydrogens is 304 g/mol. The Hall–Kier alpha value is -2.69. The highest BCUT2D eigenvalue weighted by Gasteiger charge is 2.34. The summed E-state index contributed by atoms with van der Waals surface area (Å²) in [6.45, 7) is 3.55. The van der Waals surface area contributed by atoms with Crippen molar-refractivity contribution < 1.29 is 14.7 Å². The number of aromatic carboxylic acids is 1. The second-order valence-corrected chi connectivity index (χ2v) is 6.49. The first-order valence-corrected chi connectivity index (χ1v) is 8.04. The highest BCUT2D eigenvalue weighted by atomic mass is 16.4. The van der Waals surface area contributed by atoms with Crippen LogP contribution in [0.3, 0.4) is 0 Å². The van der Waals surface area contributed by atoms with Gasteiger partial charge in [0.2, 0.25) is 0 Å². The number of carbonyl (C=O) groups excluding carboxylic acids is 1. The lowest BCUT2D eigenvalue weighted by Crippen LogP contribution is -2.47. The summed E-state index contributed by atoms with van der Waals surface area (Å²) in [7, 11) is 0. The number of pyridine rings is 1. The molecule has 1 aromatic carbocycles. The fourth-order valence-electron chi connectivity index (χ4n) is 3.32. The average molecular weight is 324 g/mol. The van der Waals surface area contributed by atoms with Crippen LogP contribution < -0.4 is 0 Å². The van der Waals surface area contributed by atoms with Gasteiger partial charge in [0.1, 0.15) is 5.69 Å². The van der Waals surface area contributed by atoms with E-state index in [-0.39, 0.29) is 17.0 Å². The summed E-state index contributed by atoms with van der Waals surface area (Å²) in [5, 5.41) is 8.90. The number of nitrogens with zero attached hydrogens (tertiary/aromatic N) is 2. The molecule has 2 heterocycles. The van der Waals surface area contributed by atoms with Crippen LogP contribution in [0.4, 0.5) is 0 Å². The Morgan fingerprint density at radius 3 is 2.54 bits per heavy atom. The molecule has 5 heteroatoms. The highest BCUT2D eigenvalue weighted by molar-refractivity contribution is 5.95. The maximum atomic E-state index is 12.7. The van der Waals surface area contributed by atoms with Crippen molar-refractivity contribution in [3.05, 3.63) is 65.5 Å². The summed E-state index contributed by atoms with van der Waals surface area (Å²) in [5.41, 5.74) is 1.54. The van der Waals surface area contributed by atoms with E-state index < -0.39 is 5.97 Å². The molecule has 0 saturated carbocycles. The molecule has 24 heavy (non-hydrogen) atoms. The second-order valence-electron chi connectivity index (χ2n) is 6.49. The number of hydrogen-bond donors (Lipinski definition) is 1. The van der Waals surface area contributed by atoms with Crippen LogP contribution in [-0.4, -0.2) is 40.0 Å². The van der Waals surface area contributed by atoms with Crippen LogP contribution in [-0.2, 0) is 5.41 Å². The third kappa shape index (κ3) is 3.15. The van der Waals surface area contributed by atoms with E-state index in [2.05, 4.69) is 24.0 Å². The summed E-state index contributed by atoms with van der Waals surface area (Å²) in [6, 6.07) is 13.2. The largest absolute Gasteiger partial charge is 0.477 e. The maximum absolute atomic E-state index is 12.7. The van der Waals surface area contributed by atoms with Gasteiger partial charge in [-0.15, -0.1) is 0 Å². The van der Waals surface area contributed by atoms with E-state index >= 15 is 0 Å². The van der Waals surface area contributed by atoms with Gasteiger partial charge in [-0.3, -0.25) is 4.79 Å². The number of piperidine rings is 1. The van der Waals surface area contributed by atoms with E-state index in [1.807, 2.05) is 23.1 Å². The summed E-state index contributed by atoms with van der Waals surface area (Å²) in [4.78, 5) is 29.3. The summed E-state index contributed by atoms with van der Waals surface area (Å²) >= 11 is 0. The van der Waals surface area contributed by atoms with Gasteiger partial charge in [-0.2, -0.15) is 0 Å². The fourth-order valence-corrected chi connectivity index (χ4v) is 3.32. The predicted octanol–water partition coefficient (Wildman–Crippen LogP) is 2.97. The van der Waals surface area contributed by atoms with Crippen molar-refractivity contribution in [1.29, 1.82) is 0 Å². The topological polar surface area (TPSA) is 70.5 Å². The zero-order valence-electron chi connectivity index (χ0n) is 13.6. The molecule has 1 aliphatic rings. The lowest BCUT2D eigenvalue weighted by atomic mass is 9.76. The predicted molar refractivity (Wildman–Crippen MR) is 90.1 cm³/mol. The fraction of sp³-hybridized carbons (Fsp3) is 0.316. The summed E-state index contributed by atoms with van der Waals surface area (Å²) in [6.07, 6.45) is 3.33. The number of carboxylic acids is 1. The Morgan fingerprint density at radius 1 is 1.17 bits per heavy atom. The Kier molecular flexibility index (Phi) is 4.34. The Bertz CT molecular complexity index is 743. The lowest BCUT2D eigenvalue weighted by Gasteiger charge is -2.41. The third-order valence-electron chi connectivity index (χ3n) is 4.68. The molecule has 0 aliphatic carbocycles. The number of aromatic nitrogens is 1. The van der Waals surface area contributed by atoms with Crippen LogP contribution in [0.2, 0.25) is 0 Å². The second kappa shape index (κ2) is 6.43. The van der Waals surface area contributed by atoms with Gasteiger partial charge in [0, 0.05) is 24.7 Å². The van der Waals surface area contributed by atoms with Gasteiger partial charge >= 0.3 is 5.97 Å². The molecule has 2 aromatic rings. The van der Waals surface area contributed by atoms with Gasteiger partial charge in [0.05, 0.1) is 5.56 Å². The Morgan fingerprint density at radius 2 is 1.92 bits per heavy atom. The van der Waals surface area contributed by atoms with E-state index in [1.54, 1.807) is 0 Å². The molecule has 5 nitrogen and oxygen atoms in total. The quantitative estimate of drug-likeness (QED) is 0.942. The maximum Gasteiger partial charge on any atom is 0.354 e. The molecule has 0 bridgehead atoms. The number of carboxylic acid groups (broad SMARTS) is 1. The summed E-state index contributed by atoms with van der Waals surface area (Å²) in [5.74, 6) is -1.19. The first kappa shape index (κ1) is 16.2. The van der Waals surface area contributed by atoms with Crippen molar-refractivity contribution >= 4 is 11.9 Å². The van der Waals surface area contributed by atoms with Crippen LogP contribution >= 0.6 is 0 Å². The van der Waals surface area contributed by atoms with Crippen molar-refractivity contribution in [3.8, 4) is 0 Å². The van der Waals surface area contributed by atoms with Crippen molar-refractivity contribution in [2.24, 2.45) is 0 Å². The van der Waals surface area contributed by atoms with Gasteiger partial charge in [0.15, 0.2) is 0 Å². The number of hydrogen-bond acceptors (Lipinski definition) is 3. The molecule has 124 valence electrons. The van der Waals surface area contributed by atoms with Crippen LogP contribution in [0.5, 0.6) is 0 Å². The van der Waals surface area contributed by atoms with Gasteiger partial charge in [-0.1, -0.05) is 37.3 Å². The summed E-state index contributed by atoms with van der Waals surface area (Å²) < 4.78 is 0. The molecular formula is C19H20N2O3. The standard InChI is InChI=1S/C19H20N2O3/c1-19(15-6-3-2-4-7-15)10-5-11-21(13-19)17(22)14-8-9-16(18(23)24)20-12-14/h2-4,6-9,12H,5,10-11,13H2,1H3,(H,23,24). The number of benzene rings is 1. The minimum absolute atomic E-state index is 0.0562. The van der Waals surface area contributed by atoms with Gasteiger partial charge in [0.25, 0.3) is 5.91 Å². The van der Waals surface area contributed by atoms with Crippen LogP contribution in [0, 0.1) is 0 Å². The monoisotopic (exact) mass is 324 g/mol. The van der Waals surface area contributed by atoms with Crippen LogP contribution in [0.25, 0.3) is 0 Å². The van der Waals surface area contributed by atoms with Gasteiger partial charge < -0.3 is 10.0 Å². The molecule has 1 aromatic heterocycles. The Labute approximate surface area is 140 Å². The molecule has 1 N–H and O–H groups in total. The highest BCUT2D eigenvalue weighted by Crippen LogP contribution is 2.34. The van der Waals surface area contributed by atoms with E-state index in [4.69, 9.17) is 5.11 Å². The minimum Gasteiger partial charge on any atom is -0.477 e.